The van der Waals surface area contributed by atoms with Crippen LogP contribution in [0.4, 0.5) is 5.82 Å². The highest BCUT2D eigenvalue weighted by molar-refractivity contribution is 5.94. The van der Waals surface area contributed by atoms with Crippen molar-refractivity contribution in [1.82, 2.24) is 24.8 Å². The molecule has 148 valence electrons. The molecular formula is C22H24N6O. The summed E-state index contributed by atoms with van der Waals surface area (Å²) in [5.74, 6) is 1.74. The van der Waals surface area contributed by atoms with E-state index in [-0.39, 0.29) is 11.8 Å². The Kier molecular flexibility index (Phi) is 5.46. The number of piperidine rings is 1. The number of amides is 1. The highest BCUT2D eigenvalue weighted by Crippen LogP contribution is 2.30. The predicted molar refractivity (Wildman–Crippen MR) is 112 cm³/mol. The highest BCUT2D eigenvalue weighted by atomic mass is 16.2. The second-order valence-electron chi connectivity index (χ2n) is 7.44. The van der Waals surface area contributed by atoms with Gasteiger partial charge in [-0.3, -0.25) is 14.8 Å². The zero-order chi connectivity index (χ0) is 20.2. The summed E-state index contributed by atoms with van der Waals surface area (Å²) in [6, 6.07) is 9.41. The lowest BCUT2D eigenvalue weighted by Crippen LogP contribution is -2.39. The summed E-state index contributed by atoms with van der Waals surface area (Å²) in [6.45, 7) is 1.41. The number of nitrogens with zero attached hydrogens (tertiary/aromatic N) is 6. The third-order valence-corrected chi connectivity index (χ3v) is 5.16. The molecule has 1 aliphatic rings. The molecule has 7 heteroatoms. The molecule has 29 heavy (non-hydrogen) atoms. The van der Waals surface area contributed by atoms with E-state index in [0.29, 0.717) is 17.9 Å². The number of carbonyl (C=O) groups is 1. The van der Waals surface area contributed by atoms with Crippen molar-refractivity contribution < 1.29 is 4.79 Å². The van der Waals surface area contributed by atoms with E-state index in [9.17, 15) is 4.79 Å². The summed E-state index contributed by atoms with van der Waals surface area (Å²) in [4.78, 5) is 34.5. The minimum Gasteiger partial charge on any atom is -0.363 e. The molecule has 1 amide bonds. The SMILES string of the molecule is CN(C)c1cc([C@H]2CCCN(C(=O)c3ccncc3)C2)nc(-c2cccnc2)n1. The summed E-state index contributed by atoms with van der Waals surface area (Å²) >= 11 is 0. The average Bonchev–Trinajstić information content (AvgIpc) is 2.79. The van der Waals surface area contributed by atoms with E-state index in [2.05, 4.69) is 15.0 Å². The second kappa shape index (κ2) is 8.34. The Morgan fingerprint density at radius 3 is 2.66 bits per heavy atom. The normalized spacial score (nSPS) is 16.5. The molecule has 1 aliphatic heterocycles. The first-order valence-corrected chi connectivity index (χ1v) is 9.78. The van der Waals surface area contributed by atoms with Crippen molar-refractivity contribution in [2.45, 2.75) is 18.8 Å². The topological polar surface area (TPSA) is 75.1 Å². The van der Waals surface area contributed by atoms with E-state index >= 15 is 0 Å². The number of aromatic nitrogens is 4. The van der Waals surface area contributed by atoms with Crippen LogP contribution in [0.25, 0.3) is 11.4 Å². The molecule has 1 atom stereocenters. The Hall–Kier alpha value is -3.35. The summed E-state index contributed by atoms with van der Waals surface area (Å²) in [7, 11) is 3.94. The first-order valence-electron chi connectivity index (χ1n) is 9.78. The van der Waals surface area contributed by atoms with Crippen molar-refractivity contribution in [3.63, 3.8) is 0 Å². The van der Waals surface area contributed by atoms with Crippen molar-refractivity contribution in [3.05, 3.63) is 66.4 Å². The van der Waals surface area contributed by atoms with Crippen LogP contribution in [-0.4, -0.2) is 57.9 Å². The van der Waals surface area contributed by atoms with Crippen LogP contribution in [0.5, 0.6) is 0 Å². The van der Waals surface area contributed by atoms with Gasteiger partial charge in [-0.1, -0.05) is 0 Å². The lowest BCUT2D eigenvalue weighted by molar-refractivity contribution is 0.0706. The van der Waals surface area contributed by atoms with Crippen molar-refractivity contribution in [3.8, 4) is 11.4 Å². The number of hydrogen-bond donors (Lipinski definition) is 0. The van der Waals surface area contributed by atoms with Gasteiger partial charge in [0, 0.05) is 75.1 Å². The summed E-state index contributed by atoms with van der Waals surface area (Å²) in [5, 5.41) is 0. The third kappa shape index (κ3) is 4.23. The maximum Gasteiger partial charge on any atom is 0.253 e. The number of pyridine rings is 2. The number of anilines is 1. The van der Waals surface area contributed by atoms with E-state index in [0.717, 1.165) is 36.5 Å². The molecule has 0 bridgehead atoms. The molecule has 0 aromatic carbocycles. The van der Waals surface area contributed by atoms with E-state index in [1.807, 2.05) is 42.1 Å². The zero-order valence-electron chi connectivity index (χ0n) is 16.7. The summed E-state index contributed by atoms with van der Waals surface area (Å²) in [5.41, 5.74) is 2.53. The molecule has 1 saturated heterocycles. The first kappa shape index (κ1) is 19.0. The van der Waals surface area contributed by atoms with Crippen LogP contribution in [0, 0.1) is 0 Å². The van der Waals surface area contributed by atoms with Gasteiger partial charge in [-0.2, -0.15) is 0 Å². The van der Waals surface area contributed by atoms with Crippen LogP contribution < -0.4 is 4.90 Å². The van der Waals surface area contributed by atoms with Crippen LogP contribution in [0.1, 0.15) is 34.8 Å². The van der Waals surface area contributed by atoms with Gasteiger partial charge in [-0.25, -0.2) is 9.97 Å². The van der Waals surface area contributed by atoms with Gasteiger partial charge in [0.2, 0.25) is 0 Å². The molecule has 1 fully saturated rings. The van der Waals surface area contributed by atoms with Crippen molar-refractivity contribution >= 4 is 11.7 Å². The van der Waals surface area contributed by atoms with Gasteiger partial charge in [0.05, 0.1) is 5.69 Å². The Labute approximate surface area is 170 Å². The standard InChI is InChI=1S/C22H24N6O/c1-27(2)20-13-19(25-21(26-20)17-5-3-9-24-14-17)18-6-4-12-28(15-18)22(29)16-7-10-23-11-8-16/h3,5,7-11,13-14,18H,4,6,12,15H2,1-2H3/t18-/m0/s1. The molecule has 0 aliphatic carbocycles. The predicted octanol–water partition coefficient (Wildman–Crippen LogP) is 3.02. The van der Waals surface area contributed by atoms with Crippen molar-refractivity contribution in [2.24, 2.45) is 0 Å². The molecule has 7 nitrogen and oxygen atoms in total. The molecule has 4 heterocycles. The Balaban J connectivity index is 1.63. The first-order chi connectivity index (χ1) is 14.1. The van der Waals surface area contributed by atoms with E-state index in [1.54, 1.807) is 36.9 Å². The Morgan fingerprint density at radius 1 is 1.10 bits per heavy atom. The van der Waals surface area contributed by atoms with Gasteiger partial charge >= 0.3 is 0 Å². The van der Waals surface area contributed by atoms with Gasteiger partial charge < -0.3 is 9.80 Å². The smallest absolute Gasteiger partial charge is 0.253 e. The van der Waals surface area contributed by atoms with Crippen LogP contribution in [0.3, 0.4) is 0 Å². The zero-order valence-corrected chi connectivity index (χ0v) is 16.7. The van der Waals surface area contributed by atoms with Crippen molar-refractivity contribution in [1.29, 1.82) is 0 Å². The monoisotopic (exact) mass is 388 g/mol. The van der Waals surface area contributed by atoms with E-state index in [4.69, 9.17) is 4.98 Å². The van der Waals surface area contributed by atoms with Gasteiger partial charge in [0.15, 0.2) is 5.82 Å². The van der Waals surface area contributed by atoms with Gasteiger partial charge in [0.25, 0.3) is 5.91 Å². The molecule has 0 N–H and O–H groups in total. The minimum absolute atomic E-state index is 0.0477. The fraction of sp³-hybridized carbons (Fsp3) is 0.318. The lowest BCUT2D eigenvalue weighted by Gasteiger charge is -2.33. The number of likely N-dealkylation sites (tertiary alicyclic amines) is 1. The maximum atomic E-state index is 12.9. The second-order valence-corrected chi connectivity index (χ2v) is 7.44. The van der Waals surface area contributed by atoms with Crippen LogP contribution in [0.15, 0.2) is 55.1 Å². The molecule has 3 aromatic heterocycles. The molecule has 0 unspecified atom stereocenters. The number of carbonyl (C=O) groups excluding carboxylic acids is 1. The summed E-state index contributed by atoms with van der Waals surface area (Å²) < 4.78 is 0. The molecule has 0 radical (unpaired) electrons. The molecule has 4 rings (SSSR count). The Bertz CT molecular complexity index is 977. The number of rotatable bonds is 4. The molecule has 0 spiro atoms. The van der Waals surface area contributed by atoms with Crippen LogP contribution in [-0.2, 0) is 0 Å². The molecule has 3 aromatic rings. The lowest BCUT2D eigenvalue weighted by atomic mass is 9.93. The third-order valence-electron chi connectivity index (χ3n) is 5.16. The summed E-state index contributed by atoms with van der Waals surface area (Å²) in [6.07, 6.45) is 8.77. The molecular weight excluding hydrogens is 364 g/mol. The fourth-order valence-electron chi connectivity index (χ4n) is 3.60. The van der Waals surface area contributed by atoms with Gasteiger partial charge in [-0.05, 0) is 37.1 Å². The molecule has 0 saturated carbocycles. The fourth-order valence-corrected chi connectivity index (χ4v) is 3.60. The van der Waals surface area contributed by atoms with Crippen molar-refractivity contribution in [2.75, 3.05) is 32.1 Å². The van der Waals surface area contributed by atoms with Gasteiger partial charge in [0.1, 0.15) is 5.82 Å². The number of hydrogen-bond acceptors (Lipinski definition) is 6. The van der Waals surface area contributed by atoms with Gasteiger partial charge in [-0.15, -0.1) is 0 Å². The minimum atomic E-state index is 0.0477. The highest BCUT2D eigenvalue weighted by Gasteiger charge is 2.27. The van der Waals surface area contributed by atoms with Crippen LogP contribution >= 0.6 is 0 Å². The Morgan fingerprint density at radius 2 is 1.93 bits per heavy atom. The average molecular weight is 388 g/mol. The van der Waals surface area contributed by atoms with E-state index in [1.165, 1.54) is 0 Å². The quantitative estimate of drug-likeness (QED) is 0.684. The van der Waals surface area contributed by atoms with Crippen LogP contribution in [0.2, 0.25) is 0 Å². The van der Waals surface area contributed by atoms with E-state index < -0.39 is 0 Å². The maximum absolute atomic E-state index is 12.9. The largest absolute Gasteiger partial charge is 0.363 e.